The van der Waals surface area contributed by atoms with Gasteiger partial charge in [0.2, 0.25) is 11.8 Å². The van der Waals surface area contributed by atoms with Gasteiger partial charge in [-0.2, -0.15) is 0 Å². The lowest BCUT2D eigenvalue weighted by molar-refractivity contribution is -0.144. The van der Waals surface area contributed by atoms with Crippen LogP contribution in [0.2, 0.25) is 0 Å². The largest absolute Gasteiger partial charge is 0.491 e. The topological polar surface area (TPSA) is 49.9 Å². The van der Waals surface area contributed by atoms with Crippen LogP contribution < -0.4 is 4.74 Å². The van der Waals surface area contributed by atoms with E-state index in [1.54, 1.807) is 16.2 Å². The highest BCUT2D eigenvalue weighted by atomic mass is 32.1. The number of thiophene rings is 1. The summed E-state index contributed by atoms with van der Waals surface area (Å²) < 4.78 is 6.14. The van der Waals surface area contributed by atoms with Crippen LogP contribution in [0, 0.1) is 0 Å². The average Bonchev–Trinajstić information content (AvgIpc) is 3.24. The number of benzene rings is 1. The summed E-state index contributed by atoms with van der Waals surface area (Å²) in [6, 6.07) is 10.1. The summed E-state index contributed by atoms with van der Waals surface area (Å²) >= 11 is 1.74. The van der Waals surface area contributed by atoms with Crippen LogP contribution in [0.4, 0.5) is 0 Å². The SMILES string of the molecule is CCC(=O)N(CC(=O)N1CCc2sccc2C1COc1ccc(C(C)C)cc1)C(C)C. The normalized spacial score (nSPS) is 15.8. The molecule has 1 aliphatic heterocycles. The summed E-state index contributed by atoms with van der Waals surface area (Å²) in [6.45, 7) is 11.3. The first-order valence-electron chi connectivity index (χ1n) is 11.2. The first kappa shape index (κ1) is 23.3. The number of hydrogen-bond donors (Lipinski definition) is 0. The lowest BCUT2D eigenvalue weighted by atomic mass is 10.00. The predicted octanol–water partition coefficient (Wildman–Crippen LogP) is 5.02. The van der Waals surface area contributed by atoms with Gasteiger partial charge in [0.25, 0.3) is 0 Å². The minimum atomic E-state index is -0.141. The van der Waals surface area contributed by atoms with Crippen molar-refractivity contribution in [1.29, 1.82) is 0 Å². The molecule has 1 unspecified atom stereocenters. The van der Waals surface area contributed by atoms with Crippen molar-refractivity contribution in [1.82, 2.24) is 9.80 Å². The molecule has 5 nitrogen and oxygen atoms in total. The number of hydrogen-bond acceptors (Lipinski definition) is 4. The first-order valence-corrected chi connectivity index (χ1v) is 12.1. The van der Waals surface area contributed by atoms with Gasteiger partial charge in [0, 0.05) is 23.9 Å². The number of amides is 2. The quantitative estimate of drug-likeness (QED) is 0.577. The third-order valence-electron chi connectivity index (χ3n) is 5.92. The Morgan fingerprint density at radius 2 is 1.87 bits per heavy atom. The Morgan fingerprint density at radius 3 is 2.48 bits per heavy atom. The standard InChI is InChI=1S/C25H34N2O3S/c1-6-24(28)27(18(4)5)15-25(29)26-13-11-23-21(12-14-31-23)22(26)16-30-20-9-7-19(8-10-20)17(2)3/h7-10,12,14,17-18,22H,6,11,13,15-16H2,1-5H3. The molecule has 0 bridgehead atoms. The van der Waals surface area contributed by atoms with Crippen molar-refractivity contribution in [3.05, 3.63) is 51.7 Å². The number of carbonyl (C=O) groups is 2. The molecule has 0 fully saturated rings. The van der Waals surface area contributed by atoms with Gasteiger partial charge in [-0.25, -0.2) is 0 Å². The van der Waals surface area contributed by atoms with Gasteiger partial charge < -0.3 is 14.5 Å². The summed E-state index contributed by atoms with van der Waals surface area (Å²) in [4.78, 5) is 30.5. The van der Waals surface area contributed by atoms with Gasteiger partial charge in [-0.1, -0.05) is 32.9 Å². The molecule has 0 spiro atoms. The molecular weight excluding hydrogens is 408 g/mol. The van der Waals surface area contributed by atoms with E-state index in [0.29, 0.717) is 25.5 Å². The second kappa shape index (κ2) is 10.3. The van der Waals surface area contributed by atoms with Gasteiger partial charge in [-0.05, 0) is 60.9 Å². The van der Waals surface area contributed by atoms with Crippen molar-refractivity contribution in [2.24, 2.45) is 0 Å². The second-order valence-corrected chi connectivity index (χ2v) is 9.66. The molecular formula is C25H34N2O3S. The number of fused-ring (bicyclic) bond motifs is 1. The third kappa shape index (κ3) is 5.48. The van der Waals surface area contributed by atoms with Crippen molar-refractivity contribution in [2.75, 3.05) is 19.7 Å². The van der Waals surface area contributed by atoms with Gasteiger partial charge in [0.1, 0.15) is 12.4 Å². The van der Waals surface area contributed by atoms with Crippen LogP contribution in [0.5, 0.6) is 5.75 Å². The maximum Gasteiger partial charge on any atom is 0.242 e. The summed E-state index contributed by atoms with van der Waals surface area (Å²) in [5, 5.41) is 2.09. The summed E-state index contributed by atoms with van der Waals surface area (Å²) in [6.07, 6.45) is 1.25. The van der Waals surface area contributed by atoms with Crippen LogP contribution in [0.15, 0.2) is 35.7 Å². The molecule has 1 atom stereocenters. The van der Waals surface area contributed by atoms with E-state index in [1.165, 1.54) is 16.0 Å². The average molecular weight is 443 g/mol. The highest BCUT2D eigenvalue weighted by molar-refractivity contribution is 7.10. The van der Waals surface area contributed by atoms with Crippen LogP contribution in [0.25, 0.3) is 0 Å². The Hall–Kier alpha value is -2.34. The maximum absolute atomic E-state index is 13.3. The van der Waals surface area contributed by atoms with Crippen LogP contribution >= 0.6 is 11.3 Å². The zero-order valence-corrected chi connectivity index (χ0v) is 20.1. The van der Waals surface area contributed by atoms with Gasteiger partial charge in [0.05, 0.1) is 12.6 Å². The minimum absolute atomic E-state index is 0.00734. The zero-order chi connectivity index (χ0) is 22.5. The smallest absolute Gasteiger partial charge is 0.242 e. The Morgan fingerprint density at radius 1 is 1.16 bits per heavy atom. The molecule has 2 aromatic rings. The highest BCUT2D eigenvalue weighted by Gasteiger charge is 2.33. The Labute approximate surface area is 190 Å². The molecule has 168 valence electrons. The summed E-state index contributed by atoms with van der Waals surface area (Å²) in [5.74, 6) is 1.28. The molecule has 0 saturated carbocycles. The van der Waals surface area contributed by atoms with Crippen molar-refractivity contribution in [3.8, 4) is 5.75 Å². The van der Waals surface area contributed by atoms with E-state index in [2.05, 4.69) is 37.4 Å². The van der Waals surface area contributed by atoms with Crippen molar-refractivity contribution >= 4 is 23.2 Å². The van der Waals surface area contributed by atoms with Crippen molar-refractivity contribution < 1.29 is 14.3 Å². The van der Waals surface area contributed by atoms with E-state index in [4.69, 9.17) is 4.74 Å². The number of rotatable bonds is 8. The lowest BCUT2D eigenvalue weighted by Gasteiger charge is -2.37. The van der Waals surface area contributed by atoms with E-state index in [-0.39, 0.29) is 30.4 Å². The second-order valence-electron chi connectivity index (χ2n) is 8.66. The minimum Gasteiger partial charge on any atom is -0.491 e. The zero-order valence-electron chi connectivity index (χ0n) is 19.3. The van der Waals surface area contributed by atoms with E-state index in [1.807, 2.05) is 37.8 Å². The van der Waals surface area contributed by atoms with Crippen LogP contribution in [-0.4, -0.2) is 47.4 Å². The van der Waals surface area contributed by atoms with Crippen LogP contribution in [-0.2, 0) is 16.0 Å². The van der Waals surface area contributed by atoms with Gasteiger partial charge >= 0.3 is 0 Å². The van der Waals surface area contributed by atoms with Gasteiger partial charge in [0.15, 0.2) is 0 Å². The molecule has 0 saturated heterocycles. The fraction of sp³-hybridized carbons (Fsp3) is 0.520. The van der Waals surface area contributed by atoms with Crippen molar-refractivity contribution in [3.63, 3.8) is 0 Å². The molecule has 0 N–H and O–H groups in total. The first-order chi connectivity index (χ1) is 14.8. The lowest BCUT2D eigenvalue weighted by Crippen LogP contribution is -2.49. The molecule has 31 heavy (non-hydrogen) atoms. The van der Waals surface area contributed by atoms with Gasteiger partial charge in [-0.3, -0.25) is 9.59 Å². The molecule has 0 radical (unpaired) electrons. The summed E-state index contributed by atoms with van der Waals surface area (Å²) in [7, 11) is 0. The van der Waals surface area contributed by atoms with E-state index in [9.17, 15) is 9.59 Å². The number of ether oxygens (including phenoxy) is 1. The van der Waals surface area contributed by atoms with E-state index >= 15 is 0 Å². The van der Waals surface area contributed by atoms with Gasteiger partial charge in [-0.15, -0.1) is 11.3 Å². The number of nitrogens with zero attached hydrogens (tertiary/aromatic N) is 2. The van der Waals surface area contributed by atoms with E-state index in [0.717, 1.165) is 12.2 Å². The molecule has 2 heterocycles. The predicted molar refractivity (Wildman–Crippen MR) is 126 cm³/mol. The number of carbonyl (C=O) groups excluding carboxylic acids is 2. The third-order valence-corrected chi connectivity index (χ3v) is 6.92. The molecule has 1 aromatic carbocycles. The van der Waals surface area contributed by atoms with Crippen LogP contribution in [0.1, 0.15) is 69.0 Å². The molecule has 6 heteroatoms. The Balaban J connectivity index is 1.76. The Kier molecular flexibility index (Phi) is 7.76. The summed E-state index contributed by atoms with van der Waals surface area (Å²) in [5.41, 5.74) is 2.44. The Bertz CT molecular complexity index is 888. The van der Waals surface area contributed by atoms with Crippen LogP contribution in [0.3, 0.4) is 0 Å². The molecule has 1 aliphatic rings. The molecule has 0 aliphatic carbocycles. The fourth-order valence-corrected chi connectivity index (χ4v) is 4.93. The van der Waals surface area contributed by atoms with E-state index < -0.39 is 0 Å². The fourth-order valence-electron chi connectivity index (χ4n) is 4.00. The molecule has 3 rings (SSSR count). The highest BCUT2D eigenvalue weighted by Crippen LogP contribution is 2.34. The maximum atomic E-state index is 13.3. The van der Waals surface area contributed by atoms with Crippen molar-refractivity contribution in [2.45, 2.75) is 65.5 Å². The monoisotopic (exact) mass is 442 g/mol. The molecule has 1 aromatic heterocycles. The molecule has 2 amide bonds.